The standard InChI is InChI=1S/C16H23ClN2O2/c1-3-21-16(20)13-9-12(18)10-14(17)15(13)19-7-4-5-11(2)6-8-19/h9-11H,3-8,18H2,1-2H3. The summed E-state index contributed by atoms with van der Waals surface area (Å²) in [5.74, 6) is 0.340. The molecule has 0 bridgehead atoms. The number of nitrogen functional groups attached to an aromatic ring is 1. The van der Waals surface area contributed by atoms with Gasteiger partial charge in [0.05, 0.1) is 22.9 Å². The molecular formula is C16H23ClN2O2. The van der Waals surface area contributed by atoms with Gasteiger partial charge in [0, 0.05) is 18.8 Å². The molecule has 1 heterocycles. The Labute approximate surface area is 131 Å². The fraction of sp³-hybridized carbons (Fsp3) is 0.562. The average molecular weight is 311 g/mol. The third kappa shape index (κ3) is 3.82. The van der Waals surface area contributed by atoms with Crippen molar-refractivity contribution in [2.24, 2.45) is 5.92 Å². The Morgan fingerprint density at radius 3 is 2.90 bits per heavy atom. The van der Waals surface area contributed by atoms with E-state index in [4.69, 9.17) is 22.1 Å². The van der Waals surface area contributed by atoms with E-state index in [0.29, 0.717) is 28.8 Å². The zero-order valence-electron chi connectivity index (χ0n) is 12.7. The van der Waals surface area contributed by atoms with Crippen molar-refractivity contribution in [1.29, 1.82) is 0 Å². The van der Waals surface area contributed by atoms with Crippen LogP contribution in [0.5, 0.6) is 0 Å². The molecule has 0 radical (unpaired) electrons. The van der Waals surface area contributed by atoms with Gasteiger partial charge in [0.1, 0.15) is 0 Å². The van der Waals surface area contributed by atoms with Gasteiger partial charge >= 0.3 is 5.97 Å². The first-order chi connectivity index (χ1) is 10.0. The van der Waals surface area contributed by atoms with Crippen molar-refractivity contribution in [3.63, 3.8) is 0 Å². The van der Waals surface area contributed by atoms with Gasteiger partial charge in [-0.2, -0.15) is 0 Å². The second-order valence-electron chi connectivity index (χ2n) is 5.64. The zero-order chi connectivity index (χ0) is 15.4. The van der Waals surface area contributed by atoms with Gasteiger partial charge in [-0.05, 0) is 44.2 Å². The first-order valence-electron chi connectivity index (χ1n) is 7.54. The number of hydrogen-bond donors (Lipinski definition) is 1. The lowest BCUT2D eigenvalue weighted by atomic mass is 10.0. The fourth-order valence-corrected chi connectivity index (χ4v) is 3.14. The Hall–Kier alpha value is -1.42. The van der Waals surface area contributed by atoms with E-state index >= 15 is 0 Å². The topological polar surface area (TPSA) is 55.6 Å². The Kier molecular flexibility index (Phi) is 5.34. The van der Waals surface area contributed by atoms with Gasteiger partial charge in [-0.1, -0.05) is 18.5 Å². The van der Waals surface area contributed by atoms with Crippen LogP contribution >= 0.6 is 11.6 Å². The molecule has 1 aliphatic heterocycles. The molecule has 0 aliphatic carbocycles. The smallest absolute Gasteiger partial charge is 0.340 e. The second-order valence-corrected chi connectivity index (χ2v) is 6.05. The van der Waals surface area contributed by atoms with Crippen LogP contribution in [0, 0.1) is 5.92 Å². The highest BCUT2D eigenvalue weighted by atomic mass is 35.5. The second kappa shape index (κ2) is 7.03. The summed E-state index contributed by atoms with van der Waals surface area (Å²) in [5, 5.41) is 0.521. The molecular weight excluding hydrogens is 288 g/mol. The lowest BCUT2D eigenvalue weighted by Crippen LogP contribution is -2.27. The summed E-state index contributed by atoms with van der Waals surface area (Å²) in [6.45, 7) is 6.19. The van der Waals surface area contributed by atoms with E-state index in [0.717, 1.165) is 31.6 Å². The van der Waals surface area contributed by atoms with Gasteiger partial charge < -0.3 is 15.4 Å². The SMILES string of the molecule is CCOC(=O)c1cc(N)cc(Cl)c1N1CCCC(C)CC1. The van der Waals surface area contributed by atoms with Crippen LogP contribution in [0.25, 0.3) is 0 Å². The number of esters is 1. The molecule has 21 heavy (non-hydrogen) atoms. The summed E-state index contributed by atoms with van der Waals surface area (Å²) < 4.78 is 5.14. The molecule has 4 nitrogen and oxygen atoms in total. The van der Waals surface area contributed by atoms with Crippen molar-refractivity contribution in [3.05, 3.63) is 22.7 Å². The highest BCUT2D eigenvalue weighted by Gasteiger charge is 2.23. The lowest BCUT2D eigenvalue weighted by molar-refractivity contribution is 0.0527. The minimum atomic E-state index is -0.362. The first kappa shape index (κ1) is 16.0. The number of anilines is 2. The van der Waals surface area contributed by atoms with Crippen LogP contribution in [-0.2, 0) is 4.74 Å². The van der Waals surface area contributed by atoms with Crippen LogP contribution in [0.4, 0.5) is 11.4 Å². The molecule has 2 N–H and O–H groups in total. The molecule has 5 heteroatoms. The summed E-state index contributed by atoms with van der Waals surface area (Å²) in [6.07, 6.45) is 3.41. The number of rotatable bonds is 3. The van der Waals surface area contributed by atoms with Crippen molar-refractivity contribution in [1.82, 2.24) is 0 Å². The summed E-state index contributed by atoms with van der Waals surface area (Å²) >= 11 is 6.37. The highest BCUT2D eigenvalue weighted by Crippen LogP contribution is 2.35. The minimum absolute atomic E-state index is 0.335. The number of carbonyl (C=O) groups is 1. The molecule has 116 valence electrons. The quantitative estimate of drug-likeness (QED) is 0.683. The van der Waals surface area contributed by atoms with Crippen molar-refractivity contribution in [2.75, 3.05) is 30.3 Å². The third-order valence-electron chi connectivity index (χ3n) is 3.91. The monoisotopic (exact) mass is 310 g/mol. The van der Waals surface area contributed by atoms with Crippen molar-refractivity contribution in [3.8, 4) is 0 Å². The first-order valence-corrected chi connectivity index (χ1v) is 7.91. The van der Waals surface area contributed by atoms with Crippen molar-refractivity contribution >= 4 is 28.9 Å². The molecule has 1 fully saturated rings. The molecule has 1 aromatic carbocycles. The number of ether oxygens (including phenoxy) is 1. The van der Waals surface area contributed by atoms with Crippen LogP contribution < -0.4 is 10.6 Å². The van der Waals surface area contributed by atoms with Crippen LogP contribution in [-0.4, -0.2) is 25.7 Å². The molecule has 0 spiro atoms. The Morgan fingerprint density at radius 1 is 1.43 bits per heavy atom. The largest absolute Gasteiger partial charge is 0.462 e. The maximum Gasteiger partial charge on any atom is 0.340 e. The van der Waals surface area contributed by atoms with E-state index in [9.17, 15) is 4.79 Å². The lowest BCUT2D eigenvalue weighted by Gasteiger charge is -2.26. The van der Waals surface area contributed by atoms with Crippen molar-refractivity contribution in [2.45, 2.75) is 33.1 Å². The van der Waals surface area contributed by atoms with Crippen LogP contribution in [0.1, 0.15) is 43.5 Å². The van der Waals surface area contributed by atoms with E-state index in [1.165, 1.54) is 6.42 Å². The maximum atomic E-state index is 12.2. The normalized spacial score (nSPS) is 19.2. The Balaban J connectivity index is 2.38. The molecule has 1 saturated heterocycles. The van der Waals surface area contributed by atoms with Gasteiger partial charge in [-0.15, -0.1) is 0 Å². The number of halogens is 1. The molecule has 1 atom stereocenters. The number of hydrogen-bond acceptors (Lipinski definition) is 4. The predicted octanol–water partition coefficient (Wildman–Crippen LogP) is 3.73. The summed E-state index contributed by atoms with van der Waals surface area (Å²) in [7, 11) is 0. The maximum absolute atomic E-state index is 12.2. The van der Waals surface area contributed by atoms with Gasteiger partial charge in [-0.3, -0.25) is 0 Å². The third-order valence-corrected chi connectivity index (χ3v) is 4.20. The van der Waals surface area contributed by atoms with E-state index in [-0.39, 0.29) is 5.97 Å². The number of nitrogens with zero attached hydrogens (tertiary/aromatic N) is 1. The van der Waals surface area contributed by atoms with E-state index in [2.05, 4.69) is 11.8 Å². The van der Waals surface area contributed by atoms with E-state index in [1.807, 2.05) is 0 Å². The molecule has 2 rings (SSSR count). The van der Waals surface area contributed by atoms with E-state index < -0.39 is 0 Å². The average Bonchev–Trinajstić information content (AvgIpc) is 2.63. The predicted molar refractivity (Wildman–Crippen MR) is 87.0 cm³/mol. The highest BCUT2D eigenvalue weighted by molar-refractivity contribution is 6.34. The molecule has 0 amide bonds. The van der Waals surface area contributed by atoms with Gasteiger partial charge in [0.15, 0.2) is 0 Å². The number of carbonyl (C=O) groups excluding carboxylic acids is 1. The van der Waals surface area contributed by atoms with Crippen LogP contribution in [0.15, 0.2) is 12.1 Å². The van der Waals surface area contributed by atoms with Gasteiger partial charge in [0.25, 0.3) is 0 Å². The molecule has 0 aromatic heterocycles. The van der Waals surface area contributed by atoms with Gasteiger partial charge in [0.2, 0.25) is 0 Å². The molecule has 1 aromatic rings. The Morgan fingerprint density at radius 2 is 2.19 bits per heavy atom. The molecule has 1 aliphatic rings. The summed E-state index contributed by atoms with van der Waals surface area (Å²) in [6, 6.07) is 3.36. The van der Waals surface area contributed by atoms with Crippen molar-refractivity contribution < 1.29 is 9.53 Å². The molecule has 0 saturated carbocycles. The fourth-order valence-electron chi connectivity index (χ4n) is 2.79. The number of benzene rings is 1. The summed E-state index contributed by atoms with van der Waals surface area (Å²) in [5.41, 5.74) is 7.55. The summed E-state index contributed by atoms with van der Waals surface area (Å²) in [4.78, 5) is 14.4. The Bertz CT molecular complexity index is 519. The number of nitrogens with two attached hydrogens (primary N) is 1. The van der Waals surface area contributed by atoms with Crippen LogP contribution in [0.3, 0.4) is 0 Å². The van der Waals surface area contributed by atoms with Gasteiger partial charge in [-0.25, -0.2) is 4.79 Å². The minimum Gasteiger partial charge on any atom is -0.462 e. The zero-order valence-corrected chi connectivity index (χ0v) is 13.4. The van der Waals surface area contributed by atoms with Crippen LogP contribution in [0.2, 0.25) is 5.02 Å². The molecule has 1 unspecified atom stereocenters. The van der Waals surface area contributed by atoms with E-state index in [1.54, 1.807) is 19.1 Å².